The van der Waals surface area contributed by atoms with Crippen molar-refractivity contribution < 1.29 is 0 Å². The van der Waals surface area contributed by atoms with Gasteiger partial charge in [-0.05, 0) is 35.5 Å². The van der Waals surface area contributed by atoms with Crippen LogP contribution in [0.15, 0.2) is 11.1 Å². The van der Waals surface area contributed by atoms with Crippen LogP contribution >= 0.6 is 0 Å². The van der Waals surface area contributed by atoms with E-state index in [1.54, 1.807) is 11.1 Å². The van der Waals surface area contributed by atoms with Crippen molar-refractivity contribution in [1.82, 2.24) is 0 Å². The van der Waals surface area contributed by atoms with Crippen molar-refractivity contribution in [3.63, 3.8) is 0 Å². The second-order valence-electron chi connectivity index (χ2n) is 7.20. The topological polar surface area (TPSA) is 0 Å². The van der Waals surface area contributed by atoms with E-state index in [2.05, 4.69) is 41.5 Å². The Hall–Kier alpha value is -0.260. The molecule has 0 heteroatoms. The number of hydrogen-bond acceptors (Lipinski definition) is 0. The van der Waals surface area contributed by atoms with Gasteiger partial charge in [-0.2, -0.15) is 0 Å². The fourth-order valence-corrected chi connectivity index (χ4v) is 3.14. The lowest BCUT2D eigenvalue weighted by molar-refractivity contribution is 0.430. The summed E-state index contributed by atoms with van der Waals surface area (Å²) in [5.74, 6) is 1.99. The average molecular weight is 192 g/mol. The fourth-order valence-electron chi connectivity index (χ4n) is 3.14. The van der Waals surface area contributed by atoms with Crippen molar-refractivity contribution in [2.45, 2.75) is 54.4 Å². The van der Waals surface area contributed by atoms with Crippen LogP contribution in [0.2, 0.25) is 0 Å². The molecule has 0 heterocycles. The molecule has 0 spiro atoms. The third kappa shape index (κ3) is 1.53. The van der Waals surface area contributed by atoms with Crippen LogP contribution in [-0.4, -0.2) is 0 Å². The average Bonchev–Trinajstić information content (AvgIpc) is 2.56. The SMILES string of the molecule is CC(C)(C)C1=C(C(C)(C)C)C2CC2C1. The Morgan fingerprint density at radius 1 is 0.929 bits per heavy atom. The monoisotopic (exact) mass is 192 g/mol. The molecule has 1 saturated carbocycles. The second kappa shape index (κ2) is 2.65. The minimum absolute atomic E-state index is 0.399. The minimum atomic E-state index is 0.399. The number of fused-ring (bicyclic) bond motifs is 1. The summed E-state index contributed by atoms with van der Waals surface area (Å²) in [5.41, 5.74) is 4.37. The van der Waals surface area contributed by atoms with E-state index in [1.807, 2.05) is 0 Å². The first-order chi connectivity index (χ1) is 6.21. The summed E-state index contributed by atoms with van der Waals surface area (Å²) in [5, 5.41) is 0. The van der Waals surface area contributed by atoms with Gasteiger partial charge in [0.25, 0.3) is 0 Å². The second-order valence-corrected chi connectivity index (χ2v) is 7.20. The van der Waals surface area contributed by atoms with Crippen LogP contribution in [0.25, 0.3) is 0 Å². The van der Waals surface area contributed by atoms with Gasteiger partial charge in [0, 0.05) is 0 Å². The van der Waals surface area contributed by atoms with E-state index in [1.165, 1.54) is 12.8 Å². The van der Waals surface area contributed by atoms with Crippen LogP contribution in [0.4, 0.5) is 0 Å². The van der Waals surface area contributed by atoms with Crippen LogP contribution < -0.4 is 0 Å². The lowest BCUT2D eigenvalue weighted by atomic mass is 9.74. The van der Waals surface area contributed by atoms with Gasteiger partial charge < -0.3 is 0 Å². The zero-order valence-corrected chi connectivity index (χ0v) is 10.6. The van der Waals surface area contributed by atoms with Gasteiger partial charge in [-0.15, -0.1) is 0 Å². The number of hydrogen-bond donors (Lipinski definition) is 0. The molecule has 0 radical (unpaired) electrons. The maximum absolute atomic E-state index is 2.38. The first-order valence-corrected chi connectivity index (χ1v) is 5.95. The Morgan fingerprint density at radius 3 is 1.86 bits per heavy atom. The molecule has 1 fully saturated rings. The molecular formula is C14H24. The molecule has 2 atom stereocenters. The summed E-state index contributed by atoms with van der Waals surface area (Å²) < 4.78 is 0. The number of allylic oxidation sites excluding steroid dienone is 2. The molecule has 0 aromatic rings. The molecule has 2 rings (SSSR count). The Morgan fingerprint density at radius 2 is 1.50 bits per heavy atom. The summed E-state index contributed by atoms with van der Waals surface area (Å²) in [4.78, 5) is 0. The van der Waals surface area contributed by atoms with Crippen molar-refractivity contribution in [2.75, 3.05) is 0 Å². The fraction of sp³-hybridized carbons (Fsp3) is 0.857. The highest BCUT2D eigenvalue weighted by atomic mass is 14.6. The van der Waals surface area contributed by atoms with Crippen molar-refractivity contribution in [1.29, 1.82) is 0 Å². The van der Waals surface area contributed by atoms with Crippen LogP contribution in [0, 0.1) is 22.7 Å². The molecular weight excluding hydrogens is 168 g/mol. The van der Waals surface area contributed by atoms with Crippen LogP contribution in [0.1, 0.15) is 54.4 Å². The van der Waals surface area contributed by atoms with E-state index in [0.29, 0.717) is 10.8 Å². The minimum Gasteiger partial charge on any atom is -0.0645 e. The molecule has 0 nitrogen and oxygen atoms in total. The van der Waals surface area contributed by atoms with E-state index in [4.69, 9.17) is 0 Å². The van der Waals surface area contributed by atoms with Crippen LogP contribution in [-0.2, 0) is 0 Å². The van der Waals surface area contributed by atoms with Crippen molar-refractivity contribution in [2.24, 2.45) is 22.7 Å². The highest BCUT2D eigenvalue weighted by Gasteiger charge is 2.51. The summed E-state index contributed by atoms with van der Waals surface area (Å²) >= 11 is 0. The predicted molar refractivity (Wildman–Crippen MR) is 62.2 cm³/mol. The first kappa shape index (κ1) is 10.3. The maximum Gasteiger partial charge on any atom is -0.0160 e. The molecule has 2 unspecified atom stereocenters. The molecule has 0 aromatic heterocycles. The summed E-state index contributed by atoms with van der Waals surface area (Å²) in [7, 11) is 0. The Labute approximate surface area is 88.8 Å². The molecule has 80 valence electrons. The third-order valence-corrected chi connectivity index (χ3v) is 3.80. The Bertz CT molecular complexity index is 280. The van der Waals surface area contributed by atoms with E-state index < -0.39 is 0 Å². The molecule has 0 bridgehead atoms. The summed E-state index contributed by atoms with van der Waals surface area (Å²) in [6.07, 6.45) is 2.87. The van der Waals surface area contributed by atoms with Gasteiger partial charge in [-0.25, -0.2) is 0 Å². The molecule has 0 saturated heterocycles. The molecule has 14 heavy (non-hydrogen) atoms. The summed E-state index contributed by atoms with van der Waals surface area (Å²) in [6.45, 7) is 14.3. The van der Waals surface area contributed by atoms with Gasteiger partial charge in [0.2, 0.25) is 0 Å². The predicted octanol–water partition coefficient (Wildman–Crippen LogP) is 4.42. The van der Waals surface area contributed by atoms with Crippen molar-refractivity contribution in [3.05, 3.63) is 11.1 Å². The first-order valence-electron chi connectivity index (χ1n) is 5.95. The van der Waals surface area contributed by atoms with Gasteiger partial charge in [0.05, 0.1) is 0 Å². The van der Waals surface area contributed by atoms with Gasteiger partial charge in [0.15, 0.2) is 0 Å². The van der Waals surface area contributed by atoms with E-state index in [9.17, 15) is 0 Å². The highest BCUT2D eigenvalue weighted by Crippen LogP contribution is 2.62. The smallest absolute Gasteiger partial charge is 0.0160 e. The van der Waals surface area contributed by atoms with Gasteiger partial charge >= 0.3 is 0 Å². The zero-order chi connectivity index (χ0) is 10.7. The molecule has 0 aliphatic heterocycles. The standard InChI is InChI=1S/C14H24/c1-13(2,3)11-8-9-7-10(9)12(11)14(4,5)6/h9-10H,7-8H2,1-6H3. The van der Waals surface area contributed by atoms with Crippen molar-refractivity contribution in [3.8, 4) is 0 Å². The number of rotatable bonds is 0. The van der Waals surface area contributed by atoms with E-state index in [-0.39, 0.29) is 0 Å². The highest BCUT2D eigenvalue weighted by molar-refractivity contribution is 5.37. The zero-order valence-electron chi connectivity index (χ0n) is 10.6. The summed E-state index contributed by atoms with van der Waals surface area (Å²) in [6, 6.07) is 0. The Balaban J connectivity index is 2.40. The van der Waals surface area contributed by atoms with Crippen molar-refractivity contribution >= 4 is 0 Å². The van der Waals surface area contributed by atoms with Gasteiger partial charge in [0.1, 0.15) is 0 Å². The van der Waals surface area contributed by atoms with E-state index >= 15 is 0 Å². The van der Waals surface area contributed by atoms with Crippen LogP contribution in [0.3, 0.4) is 0 Å². The molecule has 2 aliphatic carbocycles. The molecule has 2 aliphatic rings. The van der Waals surface area contributed by atoms with E-state index in [0.717, 1.165) is 11.8 Å². The molecule has 0 aromatic carbocycles. The lowest BCUT2D eigenvalue weighted by Gasteiger charge is -2.31. The molecule has 0 amide bonds. The normalized spacial score (nSPS) is 32.1. The third-order valence-electron chi connectivity index (χ3n) is 3.80. The quantitative estimate of drug-likeness (QED) is 0.499. The molecule has 0 N–H and O–H groups in total. The van der Waals surface area contributed by atoms with Crippen LogP contribution in [0.5, 0.6) is 0 Å². The van der Waals surface area contributed by atoms with Gasteiger partial charge in [-0.1, -0.05) is 52.7 Å². The lowest BCUT2D eigenvalue weighted by Crippen LogP contribution is -2.18. The largest absolute Gasteiger partial charge is 0.0645 e. The maximum atomic E-state index is 2.38. The van der Waals surface area contributed by atoms with Gasteiger partial charge in [-0.3, -0.25) is 0 Å². The Kier molecular flexibility index (Phi) is 1.94.